The van der Waals surface area contributed by atoms with Crippen LogP contribution < -0.4 is 0 Å². The topological polar surface area (TPSA) is 68.7 Å². The molecule has 1 saturated carbocycles. The molecule has 2 aliphatic rings. The summed E-state index contributed by atoms with van der Waals surface area (Å²) in [7, 11) is 0. The van der Waals surface area contributed by atoms with E-state index in [9.17, 15) is 4.79 Å². The van der Waals surface area contributed by atoms with Crippen LogP contribution >= 0.6 is 0 Å². The number of nitrogens with zero attached hydrogens (tertiary/aromatic N) is 2. The third-order valence-corrected chi connectivity index (χ3v) is 4.22. The van der Waals surface area contributed by atoms with E-state index in [1.165, 1.54) is 19.1 Å². The molecule has 6 nitrogen and oxygen atoms in total. The van der Waals surface area contributed by atoms with Crippen LogP contribution in [0.3, 0.4) is 0 Å². The van der Waals surface area contributed by atoms with Gasteiger partial charge in [0.05, 0.1) is 19.4 Å². The summed E-state index contributed by atoms with van der Waals surface area (Å²) in [5.41, 5.74) is 1.80. The minimum Gasteiger partial charge on any atom is -0.459 e. The van der Waals surface area contributed by atoms with Crippen molar-refractivity contribution >= 4 is 5.91 Å². The molecule has 116 valence electrons. The molecular formula is C16H18N2O4. The fourth-order valence-electron chi connectivity index (χ4n) is 2.71. The Bertz CT molecular complexity index is 658. The van der Waals surface area contributed by atoms with Crippen molar-refractivity contribution in [3.63, 3.8) is 0 Å². The van der Waals surface area contributed by atoms with Crippen LogP contribution in [0.5, 0.6) is 0 Å². The minimum atomic E-state index is -0.0956. The Morgan fingerprint density at radius 3 is 3.14 bits per heavy atom. The molecule has 22 heavy (non-hydrogen) atoms. The van der Waals surface area contributed by atoms with Crippen LogP contribution in [0.1, 0.15) is 40.4 Å². The summed E-state index contributed by atoms with van der Waals surface area (Å²) >= 11 is 0. The van der Waals surface area contributed by atoms with Crippen molar-refractivity contribution in [1.82, 2.24) is 10.1 Å². The molecule has 3 heterocycles. The Kier molecular flexibility index (Phi) is 3.46. The summed E-state index contributed by atoms with van der Waals surface area (Å²) in [6, 6.07) is 3.41. The van der Waals surface area contributed by atoms with Crippen molar-refractivity contribution in [3.05, 3.63) is 41.2 Å². The van der Waals surface area contributed by atoms with Crippen LogP contribution in [-0.2, 0) is 24.3 Å². The molecule has 2 aromatic rings. The molecule has 0 spiro atoms. The lowest BCUT2D eigenvalue weighted by atomic mass is 10.1. The monoisotopic (exact) mass is 302 g/mol. The molecule has 4 rings (SSSR count). The molecule has 2 aromatic heterocycles. The quantitative estimate of drug-likeness (QED) is 0.848. The Labute approximate surface area is 128 Å². The molecule has 1 fully saturated rings. The van der Waals surface area contributed by atoms with Gasteiger partial charge in [0.2, 0.25) is 0 Å². The summed E-state index contributed by atoms with van der Waals surface area (Å²) < 4.78 is 16.3. The van der Waals surface area contributed by atoms with Crippen molar-refractivity contribution in [2.24, 2.45) is 5.92 Å². The number of hydrogen-bond acceptors (Lipinski definition) is 5. The van der Waals surface area contributed by atoms with Crippen LogP contribution in [0.4, 0.5) is 0 Å². The number of carbonyl (C=O) groups excluding carboxylic acids is 1. The lowest BCUT2D eigenvalue weighted by Crippen LogP contribution is -2.35. The van der Waals surface area contributed by atoms with E-state index in [0.29, 0.717) is 31.9 Å². The maximum Gasteiger partial charge on any atom is 0.289 e. The van der Waals surface area contributed by atoms with Gasteiger partial charge >= 0.3 is 0 Å². The number of carbonyl (C=O) groups is 1. The van der Waals surface area contributed by atoms with E-state index in [4.69, 9.17) is 13.7 Å². The molecule has 1 amide bonds. The first-order valence-electron chi connectivity index (χ1n) is 7.68. The first-order chi connectivity index (χ1) is 10.8. The average molecular weight is 302 g/mol. The molecule has 0 atom stereocenters. The van der Waals surface area contributed by atoms with Crippen molar-refractivity contribution in [2.75, 3.05) is 13.2 Å². The van der Waals surface area contributed by atoms with E-state index in [2.05, 4.69) is 5.16 Å². The van der Waals surface area contributed by atoms with Gasteiger partial charge in [0, 0.05) is 25.1 Å². The zero-order valence-corrected chi connectivity index (χ0v) is 12.3. The summed E-state index contributed by atoms with van der Waals surface area (Å²) in [6.07, 6.45) is 4.72. The third-order valence-electron chi connectivity index (χ3n) is 4.22. The highest BCUT2D eigenvalue weighted by Crippen LogP contribution is 2.30. The van der Waals surface area contributed by atoms with Gasteiger partial charge in [0.15, 0.2) is 5.76 Å². The van der Waals surface area contributed by atoms with Gasteiger partial charge < -0.3 is 18.6 Å². The number of hydrogen-bond donors (Lipinski definition) is 0. The van der Waals surface area contributed by atoms with Crippen LogP contribution in [-0.4, -0.2) is 29.1 Å². The normalized spacial score (nSPS) is 17.5. The fraction of sp³-hybridized carbons (Fsp3) is 0.500. The second-order valence-electron chi connectivity index (χ2n) is 5.94. The highest BCUT2D eigenvalue weighted by Gasteiger charge is 2.29. The Morgan fingerprint density at radius 1 is 1.45 bits per heavy atom. The van der Waals surface area contributed by atoms with E-state index in [1.807, 2.05) is 0 Å². The number of rotatable bonds is 5. The number of furan rings is 1. The molecule has 0 saturated heterocycles. The number of aromatic nitrogens is 1. The summed E-state index contributed by atoms with van der Waals surface area (Å²) in [6.45, 7) is 2.36. The number of amides is 1. The van der Waals surface area contributed by atoms with Crippen LogP contribution in [0.25, 0.3) is 0 Å². The average Bonchev–Trinajstić information content (AvgIpc) is 3.05. The SMILES string of the molecule is O=C(c1ccco1)N1CCc2onc(COCC3CC3)c2C1. The highest BCUT2D eigenvalue weighted by atomic mass is 16.5. The second-order valence-corrected chi connectivity index (χ2v) is 5.94. The van der Waals surface area contributed by atoms with Crippen molar-refractivity contribution in [3.8, 4) is 0 Å². The standard InChI is InChI=1S/C16H18N2O4/c19-16(15-2-1-7-21-15)18-6-5-14-12(8-18)13(17-22-14)10-20-9-11-3-4-11/h1-2,7,11H,3-6,8-10H2. The Morgan fingerprint density at radius 2 is 2.36 bits per heavy atom. The predicted octanol–water partition coefficient (Wildman–Crippen LogP) is 2.39. The molecule has 0 unspecified atom stereocenters. The lowest BCUT2D eigenvalue weighted by Gasteiger charge is -2.25. The third kappa shape index (κ3) is 2.66. The molecule has 0 aromatic carbocycles. The van der Waals surface area contributed by atoms with Crippen molar-refractivity contribution in [1.29, 1.82) is 0 Å². The van der Waals surface area contributed by atoms with Gasteiger partial charge in [0.1, 0.15) is 11.5 Å². The van der Waals surface area contributed by atoms with Crippen LogP contribution in [0.15, 0.2) is 27.3 Å². The zero-order chi connectivity index (χ0) is 14.9. The molecule has 0 N–H and O–H groups in total. The fourth-order valence-corrected chi connectivity index (χ4v) is 2.71. The first-order valence-corrected chi connectivity index (χ1v) is 7.68. The summed E-state index contributed by atoms with van der Waals surface area (Å²) in [5.74, 6) is 1.86. The maximum absolute atomic E-state index is 12.4. The van der Waals surface area contributed by atoms with Crippen LogP contribution in [0, 0.1) is 5.92 Å². The highest BCUT2D eigenvalue weighted by molar-refractivity contribution is 5.91. The molecule has 1 aliphatic heterocycles. The van der Waals surface area contributed by atoms with E-state index in [-0.39, 0.29) is 5.91 Å². The molecule has 6 heteroatoms. The zero-order valence-electron chi connectivity index (χ0n) is 12.3. The van der Waals surface area contributed by atoms with Gasteiger partial charge in [-0.15, -0.1) is 0 Å². The predicted molar refractivity (Wildman–Crippen MR) is 76.0 cm³/mol. The molecular weight excluding hydrogens is 284 g/mol. The van der Waals surface area contributed by atoms with Gasteiger partial charge in [-0.3, -0.25) is 4.79 Å². The van der Waals surface area contributed by atoms with Crippen LogP contribution in [0.2, 0.25) is 0 Å². The Balaban J connectivity index is 1.44. The van der Waals surface area contributed by atoms with Gasteiger partial charge in [-0.25, -0.2) is 0 Å². The largest absolute Gasteiger partial charge is 0.459 e. The number of fused-ring (bicyclic) bond motifs is 1. The van der Waals surface area contributed by atoms with E-state index in [1.54, 1.807) is 17.0 Å². The molecule has 0 radical (unpaired) electrons. The maximum atomic E-state index is 12.4. The van der Waals surface area contributed by atoms with Crippen molar-refractivity contribution < 1.29 is 18.5 Å². The van der Waals surface area contributed by atoms with Crippen molar-refractivity contribution in [2.45, 2.75) is 32.4 Å². The first kappa shape index (κ1) is 13.6. The van der Waals surface area contributed by atoms with Gasteiger partial charge in [-0.05, 0) is 30.9 Å². The lowest BCUT2D eigenvalue weighted by molar-refractivity contribution is 0.0694. The van der Waals surface area contributed by atoms with E-state index in [0.717, 1.165) is 29.5 Å². The molecule has 0 bridgehead atoms. The smallest absolute Gasteiger partial charge is 0.289 e. The van der Waals surface area contributed by atoms with Gasteiger partial charge in [-0.1, -0.05) is 5.16 Å². The number of ether oxygens (including phenoxy) is 1. The second kappa shape index (κ2) is 5.61. The van der Waals surface area contributed by atoms with Gasteiger partial charge in [-0.2, -0.15) is 0 Å². The van der Waals surface area contributed by atoms with E-state index < -0.39 is 0 Å². The van der Waals surface area contributed by atoms with Gasteiger partial charge in [0.25, 0.3) is 5.91 Å². The summed E-state index contributed by atoms with van der Waals surface area (Å²) in [4.78, 5) is 14.1. The molecule has 1 aliphatic carbocycles. The van der Waals surface area contributed by atoms with E-state index >= 15 is 0 Å². The summed E-state index contributed by atoms with van der Waals surface area (Å²) in [5, 5.41) is 4.11. The minimum absolute atomic E-state index is 0.0956. The Hall–Kier alpha value is -2.08.